The minimum absolute atomic E-state index is 0.0249. The Morgan fingerprint density at radius 1 is 1.08 bits per heavy atom. The van der Waals surface area contributed by atoms with Gasteiger partial charge in [0, 0.05) is 37.6 Å². The third kappa shape index (κ3) is 5.38. The van der Waals surface area contributed by atoms with Crippen LogP contribution in [-0.2, 0) is 0 Å². The fourth-order valence-electron chi connectivity index (χ4n) is 3.60. The quantitative estimate of drug-likeness (QED) is 0.798. The molecule has 0 unspecified atom stereocenters. The van der Waals surface area contributed by atoms with E-state index in [0.29, 0.717) is 0 Å². The zero-order valence-electron chi connectivity index (χ0n) is 16.9. The lowest BCUT2D eigenvalue weighted by Crippen LogP contribution is -2.55. The summed E-state index contributed by atoms with van der Waals surface area (Å²) in [6.07, 6.45) is 5.89. The van der Waals surface area contributed by atoms with E-state index < -0.39 is 0 Å². The highest BCUT2D eigenvalue weighted by atomic mass is 16.2. The fraction of sp³-hybridized carbons (Fsp3) is 0.667. The second-order valence-corrected chi connectivity index (χ2v) is 9.08. The molecule has 0 bridgehead atoms. The van der Waals surface area contributed by atoms with Gasteiger partial charge in [-0.05, 0) is 49.4 Å². The van der Waals surface area contributed by atoms with Gasteiger partial charge in [-0.2, -0.15) is 0 Å². The van der Waals surface area contributed by atoms with Crippen LogP contribution >= 0.6 is 0 Å². The van der Waals surface area contributed by atoms with Gasteiger partial charge in [-0.25, -0.2) is 4.79 Å². The number of anilines is 2. The van der Waals surface area contributed by atoms with Gasteiger partial charge < -0.3 is 15.1 Å². The minimum atomic E-state index is -0.0425. The summed E-state index contributed by atoms with van der Waals surface area (Å²) in [5, 5.41) is 3.12. The highest BCUT2D eigenvalue weighted by Gasteiger charge is 2.38. The normalized spacial score (nSPS) is 17.0. The van der Waals surface area contributed by atoms with Crippen molar-refractivity contribution >= 4 is 17.4 Å². The van der Waals surface area contributed by atoms with Crippen LogP contribution in [0.5, 0.6) is 0 Å². The summed E-state index contributed by atoms with van der Waals surface area (Å²) in [7, 11) is 4.03. The maximum atomic E-state index is 13.1. The Balaban J connectivity index is 2.16. The van der Waals surface area contributed by atoms with Crippen molar-refractivity contribution in [2.75, 3.05) is 30.9 Å². The maximum Gasteiger partial charge on any atom is 0.322 e. The van der Waals surface area contributed by atoms with Crippen LogP contribution in [-0.4, -0.2) is 37.1 Å². The molecule has 1 fully saturated rings. The zero-order chi connectivity index (χ0) is 18.7. The molecular weight excluding hydrogens is 310 g/mol. The van der Waals surface area contributed by atoms with Crippen molar-refractivity contribution in [3.05, 3.63) is 24.3 Å². The number of urea groups is 1. The van der Waals surface area contributed by atoms with E-state index in [-0.39, 0.29) is 17.0 Å². The number of amides is 2. The van der Waals surface area contributed by atoms with Crippen LogP contribution in [0.1, 0.15) is 59.8 Å². The van der Waals surface area contributed by atoms with Crippen molar-refractivity contribution < 1.29 is 4.79 Å². The van der Waals surface area contributed by atoms with Gasteiger partial charge in [-0.1, -0.05) is 40.0 Å². The maximum absolute atomic E-state index is 13.1. The van der Waals surface area contributed by atoms with Gasteiger partial charge in [0.25, 0.3) is 0 Å². The number of carbonyl (C=O) groups excluding carboxylic acids is 1. The molecule has 0 atom stereocenters. The molecule has 1 aliphatic carbocycles. The van der Waals surface area contributed by atoms with Crippen molar-refractivity contribution in [3.63, 3.8) is 0 Å². The number of hydrogen-bond donors (Lipinski definition) is 1. The largest absolute Gasteiger partial charge is 0.378 e. The predicted molar refractivity (Wildman–Crippen MR) is 107 cm³/mol. The van der Waals surface area contributed by atoms with Gasteiger partial charge in [0.15, 0.2) is 0 Å². The number of benzene rings is 1. The average Bonchev–Trinajstić information content (AvgIpc) is 2.53. The Hall–Kier alpha value is -1.71. The molecule has 4 nitrogen and oxygen atoms in total. The van der Waals surface area contributed by atoms with Gasteiger partial charge in [0.05, 0.1) is 0 Å². The Bertz CT molecular complexity index is 566. The SMILES string of the molecule is CN(C)c1ccc(NC(=O)N(CC(C)(C)C)C2(C)CCCCC2)cc1. The molecular formula is C21H35N3O. The molecule has 0 radical (unpaired) electrons. The lowest BCUT2D eigenvalue weighted by molar-refractivity contribution is 0.0730. The molecule has 0 saturated heterocycles. The predicted octanol–water partition coefficient (Wildman–Crippen LogP) is 5.36. The molecule has 0 heterocycles. The minimum Gasteiger partial charge on any atom is -0.378 e. The standard InChI is InChI=1S/C21H35N3O/c1-20(2,3)16-24(21(4)14-8-7-9-15-21)19(25)22-17-10-12-18(13-11-17)23(5)6/h10-13H,7-9,14-16H2,1-6H3,(H,22,25). The lowest BCUT2D eigenvalue weighted by Gasteiger charge is -2.46. The number of nitrogens with zero attached hydrogens (tertiary/aromatic N) is 2. The monoisotopic (exact) mass is 345 g/mol. The van der Waals surface area contributed by atoms with E-state index in [1.54, 1.807) is 0 Å². The second-order valence-electron chi connectivity index (χ2n) is 9.08. The van der Waals surface area contributed by atoms with Crippen LogP contribution in [0.4, 0.5) is 16.2 Å². The Morgan fingerprint density at radius 3 is 2.12 bits per heavy atom. The summed E-state index contributed by atoms with van der Waals surface area (Å²) in [5.41, 5.74) is 2.02. The van der Waals surface area contributed by atoms with Crippen molar-refractivity contribution in [2.24, 2.45) is 5.41 Å². The third-order valence-electron chi connectivity index (χ3n) is 5.09. The van der Waals surface area contributed by atoms with Crippen molar-refractivity contribution in [1.29, 1.82) is 0 Å². The van der Waals surface area contributed by atoms with E-state index >= 15 is 0 Å². The van der Waals surface area contributed by atoms with Gasteiger partial charge in [-0.3, -0.25) is 0 Å². The first-order valence-electron chi connectivity index (χ1n) is 9.47. The topological polar surface area (TPSA) is 35.6 Å². The Morgan fingerprint density at radius 2 is 1.64 bits per heavy atom. The van der Waals surface area contributed by atoms with Crippen molar-refractivity contribution in [1.82, 2.24) is 4.90 Å². The Labute approximate surface area is 153 Å². The average molecular weight is 346 g/mol. The zero-order valence-corrected chi connectivity index (χ0v) is 16.9. The highest BCUT2D eigenvalue weighted by Crippen LogP contribution is 2.35. The third-order valence-corrected chi connectivity index (χ3v) is 5.09. The molecule has 4 heteroatoms. The molecule has 0 spiro atoms. The second kappa shape index (κ2) is 7.67. The van der Waals surface area contributed by atoms with Crippen LogP contribution in [0.15, 0.2) is 24.3 Å². The van der Waals surface area contributed by atoms with Crippen LogP contribution < -0.4 is 10.2 Å². The molecule has 2 amide bonds. The summed E-state index contributed by atoms with van der Waals surface area (Å²) < 4.78 is 0. The molecule has 0 aliphatic heterocycles. The van der Waals surface area contributed by atoms with Crippen LogP contribution in [0.3, 0.4) is 0 Å². The van der Waals surface area contributed by atoms with Gasteiger partial charge >= 0.3 is 6.03 Å². The molecule has 1 aliphatic rings. The van der Waals surface area contributed by atoms with E-state index in [4.69, 9.17) is 0 Å². The van der Waals surface area contributed by atoms with Crippen LogP contribution in [0.2, 0.25) is 0 Å². The van der Waals surface area contributed by atoms with Crippen molar-refractivity contribution in [3.8, 4) is 0 Å². The summed E-state index contributed by atoms with van der Waals surface area (Å²) in [4.78, 5) is 17.3. The molecule has 0 aromatic heterocycles. The molecule has 1 N–H and O–H groups in total. The van der Waals surface area contributed by atoms with Crippen molar-refractivity contribution in [2.45, 2.75) is 65.3 Å². The summed E-state index contributed by atoms with van der Waals surface area (Å²) >= 11 is 0. The van der Waals surface area contributed by atoms with E-state index in [2.05, 4.69) is 42.8 Å². The van der Waals surface area contributed by atoms with Gasteiger partial charge in [-0.15, -0.1) is 0 Å². The number of rotatable bonds is 4. The summed E-state index contributed by atoms with van der Waals surface area (Å²) in [6.45, 7) is 9.62. The first-order valence-corrected chi connectivity index (χ1v) is 9.47. The molecule has 1 saturated carbocycles. The van der Waals surface area contributed by atoms with Gasteiger partial charge in [0.1, 0.15) is 0 Å². The molecule has 1 aromatic carbocycles. The van der Waals surface area contributed by atoms with Gasteiger partial charge in [0.2, 0.25) is 0 Å². The Kier molecular flexibility index (Phi) is 6.02. The molecule has 140 valence electrons. The van der Waals surface area contributed by atoms with Crippen LogP contribution in [0, 0.1) is 5.41 Å². The number of carbonyl (C=O) groups is 1. The molecule has 1 aromatic rings. The summed E-state index contributed by atoms with van der Waals surface area (Å²) in [6, 6.07) is 8.05. The van der Waals surface area contributed by atoms with E-state index in [1.807, 2.05) is 38.4 Å². The van der Waals surface area contributed by atoms with Crippen LogP contribution in [0.25, 0.3) is 0 Å². The van der Waals surface area contributed by atoms with E-state index in [1.165, 1.54) is 19.3 Å². The smallest absolute Gasteiger partial charge is 0.322 e. The molecule has 2 rings (SSSR count). The highest BCUT2D eigenvalue weighted by molar-refractivity contribution is 5.90. The number of hydrogen-bond acceptors (Lipinski definition) is 2. The van der Waals surface area contributed by atoms with E-state index in [0.717, 1.165) is 30.8 Å². The molecule has 25 heavy (non-hydrogen) atoms. The number of nitrogens with one attached hydrogen (secondary N) is 1. The van der Waals surface area contributed by atoms with E-state index in [9.17, 15) is 4.79 Å². The first kappa shape index (κ1) is 19.6. The fourth-order valence-corrected chi connectivity index (χ4v) is 3.60. The summed E-state index contributed by atoms with van der Waals surface area (Å²) in [5.74, 6) is 0. The lowest BCUT2D eigenvalue weighted by atomic mass is 9.80. The first-order chi connectivity index (χ1) is 11.6.